The first-order valence-electron chi connectivity index (χ1n) is 9.64. The summed E-state index contributed by atoms with van der Waals surface area (Å²) in [6.45, 7) is 2.99. The molecule has 2 aliphatic rings. The number of benzene rings is 2. The first kappa shape index (κ1) is 17.0. The standard InChI is InChI=1S/C22H23N3O3/c1-22(12-27-17-5-6-18-14(10-17)8-9-23-18)13-28-20-7-2-15(11-19(20)25-22)21(26)24-16-3-4-16/h2,5-11,16,23,25H,3-4,12-13H2,1H3,(H,24,26). The molecule has 1 aliphatic heterocycles. The molecule has 0 bridgehead atoms. The SMILES string of the molecule is CC1(COc2ccc3[nH]ccc3c2)COc2ccc(C(=O)NC3CC3)cc2N1. The number of nitrogens with one attached hydrogen (secondary N) is 3. The summed E-state index contributed by atoms with van der Waals surface area (Å²) < 4.78 is 12.0. The molecule has 3 N–H and O–H groups in total. The van der Waals surface area contributed by atoms with Gasteiger partial charge in [-0.25, -0.2) is 0 Å². The highest BCUT2D eigenvalue weighted by molar-refractivity contribution is 5.96. The van der Waals surface area contributed by atoms with Crippen LogP contribution in [0.5, 0.6) is 11.5 Å². The van der Waals surface area contributed by atoms with Crippen LogP contribution in [-0.4, -0.2) is 35.7 Å². The van der Waals surface area contributed by atoms with Crippen LogP contribution in [0.15, 0.2) is 48.7 Å². The summed E-state index contributed by atoms with van der Waals surface area (Å²) in [4.78, 5) is 15.5. The Hall–Kier alpha value is -3.15. The topological polar surface area (TPSA) is 75.4 Å². The lowest BCUT2D eigenvalue weighted by Gasteiger charge is -2.36. The molecule has 6 nitrogen and oxygen atoms in total. The van der Waals surface area contributed by atoms with Gasteiger partial charge < -0.3 is 25.1 Å². The van der Waals surface area contributed by atoms with Crippen LogP contribution in [0, 0.1) is 0 Å². The smallest absolute Gasteiger partial charge is 0.251 e. The van der Waals surface area contributed by atoms with Crippen molar-refractivity contribution >= 4 is 22.5 Å². The van der Waals surface area contributed by atoms with Gasteiger partial charge in [0, 0.05) is 28.7 Å². The summed E-state index contributed by atoms with van der Waals surface area (Å²) in [5, 5.41) is 7.64. The molecule has 1 saturated carbocycles. The van der Waals surface area contributed by atoms with Crippen LogP contribution in [0.2, 0.25) is 0 Å². The molecule has 3 aromatic rings. The Morgan fingerprint density at radius 2 is 2.14 bits per heavy atom. The predicted molar refractivity (Wildman–Crippen MR) is 108 cm³/mol. The monoisotopic (exact) mass is 377 g/mol. The van der Waals surface area contributed by atoms with Crippen molar-refractivity contribution in [3.05, 3.63) is 54.2 Å². The Labute approximate surface area is 163 Å². The van der Waals surface area contributed by atoms with E-state index < -0.39 is 5.54 Å². The van der Waals surface area contributed by atoms with E-state index in [2.05, 4.69) is 22.5 Å². The number of anilines is 1. The second-order valence-corrected chi connectivity index (χ2v) is 7.95. The fourth-order valence-electron chi connectivity index (χ4n) is 3.43. The summed E-state index contributed by atoms with van der Waals surface area (Å²) in [5.41, 5.74) is 2.15. The van der Waals surface area contributed by atoms with Gasteiger partial charge in [-0.2, -0.15) is 0 Å². The average Bonchev–Trinajstić information content (AvgIpc) is 3.39. The Balaban J connectivity index is 1.29. The van der Waals surface area contributed by atoms with E-state index in [4.69, 9.17) is 9.47 Å². The van der Waals surface area contributed by atoms with Gasteiger partial charge >= 0.3 is 0 Å². The van der Waals surface area contributed by atoms with Crippen molar-refractivity contribution in [3.8, 4) is 11.5 Å². The van der Waals surface area contributed by atoms with Gasteiger partial charge in [0.25, 0.3) is 5.91 Å². The summed E-state index contributed by atoms with van der Waals surface area (Å²) in [7, 11) is 0. The Kier molecular flexibility index (Phi) is 3.93. The lowest BCUT2D eigenvalue weighted by molar-refractivity contribution is 0.0951. The molecule has 1 aliphatic carbocycles. The molecule has 5 rings (SSSR count). The fraction of sp³-hybridized carbons (Fsp3) is 0.318. The van der Waals surface area contributed by atoms with E-state index in [1.54, 1.807) is 0 Å². The lowest BCUT2D eigenvalue weighted by Crippen LogP contribution is -2.48. The van der Waals surface area contributed by atoms with Crippen molar-refractivity contribution < 1.29 is 14.3 Å². The summed E-state index contributed by atoms with van der Waals surface area (Å²) in [6, 6.07) is 13.9. The fourth-order valence-corrected chi connectivity index (χ4v) is 3.43. The number of carbonyl (C=O) groups excluding carboxylic acids is 1. The van der Waals surface area contributed by atoms with Gasteiger partial charge in [-0.15, -0.1) is 0 Å². The van der Waals surface area contributed by atoms with Gasteiger partial charge in [0.15, 0.2) is 0 Å². The number of rotatable bonds is 5. The molecule has 1 aromatic heterocycles. The highest BCUT2D eigenvalue weighted by atomic mass is 16.5. The van der Waals surface area contributed by atoms with Crippen molar-refractivity contribution in [2.24, 2.45) is 0 Å². The van der Waals surface area contributed by atoms with Crippen LogP contribution < -0.4 is 20.1 Å². The van der Waals surface area contributed by atoms with Crippen LogP contribution in [-0.2, 0) is 0 Å². The van der Waals surface area contributed by atoms with Gasteiger partial charge in [0.2, 0.25) is 0 Å². The molecule has 0 spiro atoms. The van der Waals surface area contributed by atoms with E-state index in [0.29, 0.717) is 24.8 Å². The lowest BCUT2D eigenvalue weighted by atomic mass is 10.0. The average molecular weight is 377 g/mol. The zero-order valence-corrected chi connectivity index (χ0v) is 15.7. The van der Waals surface area contributed by atoms with Crippen LogP contribution in [0.1, 0.15) is 30.1 Å². The highest BCUT2D eigenvalue weighted by Crippen LogP contribution is 2.34. The Morgan fingerprint density at radius 3 is 3.00 bits per heavy atom. The molecule has 144 valence electrons. The van der Waals surface area contributed by atoms with Crippen molar-refractivity contribution in [3.63, 3.8) is 0 Å². The van der Waals surface area contributed by atoms with Crippen molar-refractivity contribution in [1.29, 1.82) is 0 Å². The molecule has 1 amide bonds. The van der Waals surface area contributed by atoms with E-state index >= 15 is 0 Å². The molecule has 1 unspecified atom stereocenters. The minimum Gasteiger partial charge on any atom is -0.491 e. The molecular formula is C22H23N3O3. The van der Waals surface area contributed by atoms with Crippen molar-refractivity contribution in [1.82, 2.24) is 10.3 Å². The molecule has 2 heterocycles. The number of hydrogen-bond donors (Lipinski definition) is 3. The normalized spacial score (nSPS) is 20.8. The number of aromatic amines is 1. The van der Waals surface area contributed by atoms with E-state index in [-0.39, 0.29) is 5.91 Å². The van der Waals surface area contributed by atoms with Gasteiger partial charge in [-0.05, 0) is 62.2 Å². The van der Waals surface area contributed by atoms with Crippen LogP contribution in [0.4, 0.5) is 5.69 Å². The molecule has 1 fully saturated rings. The minimum atomic E-state index is -0.397. The largest absolute Gasteiger partial charge is 0.491 e. The van der Waals surface area contributed by atoms with Crippen LogP contribution in [0.3, 0.4) is 0 Å². The molecule has 0 radical (unpaired) electrons. The van der Waals surface area contributed by atoms with E-state index in [9.17, 15) is 4.79 Å². The Bertz CT molecular complexity index is 1040. The van der Waals surface area contributed by atoms with Crippen LogP contribution >= 0.6 is 0 Å². The number of aromatic nitrogens is 1. The van der Waals surface area contributed by atoms with Gasteiger partial charge in [-0.1, -0.05) is 0 Å². The quantitative estimate of drug-likeness (QED) is 0.634. The minimum absolute atomic E-state index is 0.0320. The van der Waals surface area contributed by atoms with Crippen LogP contribution in [0.25, 0.3) is 10.9 Å². The summed E-state index contributed by atoms with van der Waals surface area (Å²) in [6.07, 6.45) is 4.06. The maximum absolute atomic E-state index is 12.3. The number of ether oxygens (including phenoxy) is 2. The third-order valence-corrected chi connectivity index (χ3v) is 5.22. The van der Waals surface area contributed by atoms with E-state index in [0.717, 1.165) is 40.9 Å². The highest BCUT2D eigenvalue weighted by Gasteiger charge is 2.32. The molecule has 6 heteroatoms. The molecule has 2 aromatic carbocycles. The zero-order chi connectivity index (χ0) is 19.1. The number of amides is 1. The molecule has 28 heavy (non-hydrogen) atoms. The third-order valence-electron chi connectivity index (χ3n) is 5.22. The van der Waals surface area contributed by atoms with Crippen molar-refractivity contribution in [2.45, 2.75) is 31.3 Å². The first-order chi connectivity index (χ1) is 13.6. The zero-order valence-electron chi connectivity index (χ0n) is 15.7. The number of H-pyrrole nitrogens is 1. The second-order valence-electron chi connectivity index (χ2n) is 7.95. The van der Waals surface area contributed by atoms with Gasteiger partial charge in [-0.3, -0.25) is 4.79 Å². The summed E-state index contributed by atoms with van der Waals surface area (Å²) >= 11 is 0. The van der Waals surface area contributed by atoms with Gasteiger partial charge in [0.05, 0.1) is 5.69 Å². The van der Waals surface area contributed by atoms with Crippen molar-refractivity contribution in [2.75, 3.05) is 18.5 Å². The molecule has 0 saturated heterocycles. The number of hydrogen-bond acceptors (Lipinski definition) is 4. The van der Waals surface area contributed by atoms with Gasteiger partial charge in [0.1, 0.15) is 30.3 Å². The second kappa shape index (κ2) is 6.48. The predicted octanol–water partition coefficient (Wildman–Crippen LogP) is 3.70. The number of fused-ring (bicyclic) bond motifs is 2. The maximum Gasteiger partial charge on any atom is 0.251 e. The van der Waals surface area contributed by atoms with E-state index in [1.165, 1.54) is 0 Å². The summed E-state index contributed by atoms with van der Waals surface area (Å²) in [5.74, 6) is 1.54. The maximum atomic E-state index is 12.3. The number of carbonyl (C=O) groups is 1. The third kappa shape index (κ3) is 3.38. The first-order valence-corrected chi connectivity index (χ1v) is 9.64. The Morgan fingerprint density at radius 1 is 1.25 bits per heavy atom. The molecular weight excluding hydrogens is 354 g/mol. The van der Waals surface area contributed by atoms with E-state index in [1.807, 2.05) is 48.7 Å². The molecule has 1 atom stereocenters.